The Morgan fingerprint density at radius 2 is 2.14 bits per heavy atom. The maximum absolute atomic E-state index is 14.3. The van der Waals surface area contributed by atoms with Crippen LogP contribution in [0.1, 0.15) is 47.3 Å². The van der Waals surface area contributed by atoms with E-state index in [0.29, 0.717) is 27.7 Å². The minimum atomic E-state index is -0.576. The lowest BCUT2D eigenvalue weighted by atomic mass is 9.99. The van der Waals surface area contributed by atoms with Crippen LogP contribution in [0.3, 0.4) is 0 Å². The smallest absolute Gasteiger partial charge is 0.250 e. The second-order valence-electron chi connectivity index (χ2n) is 6.76. The summed E-state index contributed by atoms with van der Waals surface area (Å²) in [6, 6.07) is 9.79. The third-order valence-corrected chi connectivity index (χ3v) is 4.89. The second-order valence-corrected chi connectivity index (χ2v) is 6.76. The number of benzene rings is 2. The number of carbonyl (C=O) groups excluding carboxylic acids is 1. The topological polar surface area (TPSA) is 97.5 Å². The van der Waals surface area contributed by atoms with E-state index in [2.05, 4.69) is 10.3 Å². The van der Waals surface area contributed by atoms with Crippen molar-refractivity contribution >= 4 is 22.5 Å². The van der Waals surface area contributed by atoms with Crippen molar-refractivity contribution in [3.63, 3.8) is 0 Å². The zero-order chi connectivity index (χ0) is 21.0. The summed E-state index contributed by atoms with van der Waals surface area (Å²) in [5.74, 6) is -0.834. The van der Waals surface area contributed by atoms with Crippen molar-refractivity contribution in [3.05, 3.63) is 65.1 Å². The van der Waals surface area contributed by atoms with Gasteiger partial charge < -0.3 is 20.9 Å². The number of aliphatic hydroxyl groups is 1. The number of hydrogen-bond donors (Lipinski definition) is 3. The number of para-hydroxylation sites is 1. The highest BCUT2D eigenvalue weighted by Gasteiger charge is 2.19. The Morgan fingerprint density at radius 1 is 1.34 bits per heavy atom. The van der Waals surface area contributed by atoms with Gasteiger partial charge in [0.1, 0.15) is 0 Å². The largest absolute Gasteiger partial charge is 0.494 e. The van der Waals surface area contributed by atoms with Crippen LogP contribution in [-0.4, -0.2) is 23.1 Å². The summed E-state index contributed by atoms with van der Waals surface area (Å²) >= 11 is 0. The van der Waals surface area contributed by atoms with Gasteiger partial charge in [-0.2, -0.15) is 0 Å². The van der Waals surface area contributed by atoms with E-state index in [1.54, 1.807) is 18.2 Å². The second kappa shape index (κ2) is 8.87. The van der Waals surface area contributed by atoms with Gasteiger partial charge in [0.05, 0.1) is 36.5 Å². The number of anilines is 1. The molecule has 0 aliphatic rings. The highest BCUT2D eigenvalue weighted by atomic mass is 19.1. The fraction of sp³-hybridized carbons (Fsp3) is 0.273. The molecule has 1 atom stereocenters. The molecular weight excluding hydrogens is 373 g/mol. The Labute approximate surface area is 168 Å². The monoisotopic (exact) mass is 397 g/mol. The molecule has 0 aliphatic heterocycles. The molecule has 0 fully saturated rings. The molecule has 6 nitrogen and oxygen atoms in total. The number of rotatable bonds is 8. The van der Waals surface area contributed by atoms with Gasteiger partial charge in [0, 0.05) is 17.1 Å². The Bertz CT molecular complexity index is 1040. The number of aromatic nitrogens is 1. The summed E-state index contributed by atoms with van der Waals surface area (Å²) in [6.45, 7) is 1.80. The number of pyridine rings is 1. The predicted octanol–water partition coefficient (Wildman–Crippen LogP) is 3.93. The van der Waals surface area contributed by atoms with Gasteiger partial charge in [-0.15, -0.1) is 0 Å². The third kappa shape index (κ3) is 4.14. The average Bonchev–Trinajstić information content (AvgIpc) is 2.72. The standard InChI is InChI=1S/C22H24FN3O3/c1-3-5-18(13-8-9-19(29-2)17(23)10-13)26-20-14(12-27)11-25-21-15(20)6-4-7-16(21)22(24)28/h4,6-11,18,27H,3,5,12H2,1-2H3,(H2,24,28)(H,25,26)/t18-/m1/s1. The van der Waals surface area contributed by atoms with Crippen LogP contribution in [0, 0.1) is 5.82 Å². The van der Waals surface area contributed by atoms with Crippen molar-refractivity contribution in [1.82, 2.24) is 4.98 Å². The first-order valence-electron chi connectivity index (χ1n) is 9.41. The molecule has 4 N–H and O–H groups in total. The number of fused-ring (bicyclic) bond motifs is 1. The number of ether oxygens (including phenoxy) is 1. The van der Waals surface area contributed by atoms with E-state index in [4.69, 9.17) is 10.5 Å². The van der Waals surface area contributed by atoms with E-state index in [9.17, 15) is 14.3 Å². The Hall–Kier alpha value is -3.19. The summed E-state index contributed by atoms with van der Waals surface area (Å²) in [5, 5.41) is 13.9. The lowest BCUT2D eigenvalue weighted by Crippen LogP contribution is -2.15. The molecular formula is C22H24FN3O3. The fourth-order valence-corrected chi connectivity index (χ4v) is 3.44. The molecule has 2 aromatic carbocycles. The molecule has 1 heterocycles. The average molecular weight is 397 g/mol. The van der Waals surface area contributed by atoms with Crippen LogP contribution in [-0.2, 0) is 6.61 Å². The van der Waals surface area contributed by atoms with Gasteiger partial charge in [-0.05, 0) is 30.2 Å². The first-order chi connectivity index (χ1) is 14.0. The van der Waals surface area contributed by atoms with E-state index in [-0.39, 0.29) is 18.4 Å². The number of nitrogens with two attached hydrogens (primary N) is 1. The molecule has 7 heteroatoms. The molecule has 0 aliphatic carbocycles. The van der Waals surface area contributed by atoms with Crippen LogP contribution in [0.15, 0.2) is 42.6 Å². The van der Waals surface area contributed by atoms with Crippen molar-refractivity contribution < 1.29 is 19.0 Å². The molecule has 0 bridgehead atoms. The summed E-state index contributed by atoms with van der Waals surface area (Å²) in [7, 11) is 1.42. The van der Waals surface area contributed by atoms with Gasteiger partial charge in [-0.3, -0.25) is 9.78 Å². The number of hydrogen-bond acceptors (Lipinski definition) is 5. The summed E-state index contributed by atoms with van der Waals surface area (Å²) in [5.41, 5.74) is 8.22. The van der Waals surface area contributed by atoms with E-state index in [1.165, 1.54) is 19.4 Å². The van der Waals surface area contributed by atoms with Crippen LogP contribution in [0.5, 0.6) is 5.75 Å². The SMILES string of the molecule is CCC[C@@H](Nc1c(CO)cnc2c(C(N)=O)cccc12)c1ccc(OC)c(F)c1. The molecule has 1 amide bonds. The van der Waals surface area contributed by atoms with E-state index in [0.717, 1.165) is 18.4 Å². The van der Waals surface area contributed by atoms with Crippen LogP contribution in [0.2, 0.25) is 0 Å². The van der Waals surface area contributed by atoms with Gasteiger partial charge in [-0.1, -0.05) is 31.5 Å². The molecule has 29 heavy (non-hydrogen) atoms. The van der Waals surface area contributed by atoms with Crippen LogP contribution in [0.25, 0.3) is 10.9 Å². The van der Waals surface area contributed by atoms with Gasteiger partial charge in [-0.25, -0.2) is 4.39 Å². The van der Waals surface area contributed by atoms with Crippen LogP contribution >= 0.6 is 0 Å². The lowest BCUT2D eigenvalue weighted by molar-refractivity contribution is 0.100. The first-order valence-corrected chi connectivity index (χ1v) is 9.41. The van der Waals surface area contributed by atoms with Crippen molar-refractivity contribution in [2.75, 3.05) is 12.4 Å². The van der Waals surface area contributed by atoms with E-state index >= 15 is 0 Å². The normalized spacial score (nSPS) is 12.0. The van der Waals surface area contributed by atoms with Gasteiger partial charge in [0.15, 0.2) is 11.6 Å². The van der Waals surface area contributed by atoms with Gasteiger partial charge >= 0.3 is 0 Å². The number of methoxy groups -OCH3 is 1. The first kappa shape index (κ1) is 20.5. The molecule has 3 rings (SSSR count). The van der Waals surface area contributed by atoms with Crippen LogP contribution < -0.4 is 15.8 Å². The molecule has 0 saturated heterocycles. The lowest BCUT2D eigenvalue weighted by Gasteiger charge is -2.23. The van der Waals surface area contributed by atoms with E-state index in [1.807, 2.05) is 19.1 Å². The number of nitrogens with zero attached hydrogens (tertiary/aromatic N) is 1. The quantitative estimate of drug-likeness (QED) is 0.535. The number of carbonyl (C=O) groups is 1. The number of aliphatic hydroxyl groups excluding tert-OH is 1. The molecule has 152 valence electrons. The number of nitrogens with one attached hydrogen (secondary N) is 1. The number of amides is 1. The Kier molecular flexibility index (Phi) is 6.29. The zero-order valence-corrected chi connectivity index (χ0v) is 16.4. The number of halogens is 1. The maximum Gasteiger partial charge on any atom is 0.250 e. The molecule has 0 saturated carbocycles. The van der Waals surface area contributed by atoms with Crippen LogP contribution in [0.4, 0.5) is 10.1 Å². The van der Waals surface area contributed by atoms with Gasteiger partial charge in [0.2, 0.25) is 0 Å². The summed E-state index contributed by atoms with van der Waals surface area (Å²) in [6.07, 6.45) is 3.11. The molecule has 1 aromatic heterocycles. The van der Waals surface area contributed by atoms with Crippen molar-refractivity contribution in [3.8, 4) is 5.75 Å². The fourth-order valence-electron chi connectivity index (χ4n) is 3.44. The Balaban J connectivity index is 2.11. The molecule has 0 spiro atoms. The maximum atomic E-state index is 14.3. The van der Waals surface area contributed by atoms with Crippen molar-refractivity contribution in [2.24, 2.45) is 5.73 Å². The minimum absolute atomic E-state index is 0.181. The van der Waals surface area contributed by atoms with Crippen molar-refractivity contribution in [1.29, 1.82) is 0 Å². The molecule has 3 aromatic rings. The Morgan fingerprint density at radius 3 is 2.76 bits per heavy atom. The third-order valence-electron chi connectivity index (χ3n) is 4.89. The van der Waals surface area contributed by atoms with Crippen molar-refractivity contribution in [2.45, 2.75) is 32.4 Å². The zero-order valence-electron chi connectivity index (χ0n) is 16.4. The number of primary amides is 1. The molecule has 0 radical (unpaired) electrons. The summed E-state index contributed by atoms with van der Waals surface area (Å²) in [4.78, 5) is 16.1. The summed E-state index contributed by atoms with van der Waals surface area (Å²) < 4.78 is 19.3. The predicted molar refractivity (Wildman–Crippen MR) is 110 cm³/mol. The van der Waals surface area contributed by atoms with E-state index < -0.39 is 11.7 Å². The van der Waals surface area contributed by atoms with Gasteiger partial charge in [0.25, 0.3) is 5.91 Å². The highest BCUT2D eigenvalue weighted by molar-refractivity contribution is 6.08. The highest BCUT2D eigenvalue weighted by Crippen LogP contribution is 2.33. The minimum Gasteiger partial charge on any atom is -0.494 e. The molecule has 0 unspecified atom stereocenters.